The highest BCUT2D eigenvalue weighted by atomic mass is 16.6. The van der Waals surface area contributed by atoms with Gasteiger partial charge in [0.15, 0.2) is 6.23 Å². The zero-order valence-electron chi connectivity index (χ0n) is 10.8. The van der Waals surface area contributed by atoms with E-state index in [9.17, 15) is 19.8 Å². The van der Waals surface area contributed by atoms with Crippen molar-refractivity contribution in [3.05, 3.63) is 38.7 Å². The van der Waals surface area contributed by atoms with Crippen LogP contribution in [-0.4, -0.2) is 49.8 Å². The first-order valence-corrected chi connectivity index (χ1v) is 6.10. The fourth-order valence-corrected chi connectivity index (χ4v) is 2.10. The minimum absolute atomic E-state index is 0.213. The molecule has 1 aromatic heterocycles. The summed E-state index contributed by atoms with van der Waals surface area (Å²) >= 11 is 0. The first kappa shape index (κ1) is 14.7. The van der Waals surface area contributed by atoms with Crippen molar-refractivity contribution in [2.24, 2.45) is 0 Å². The molecule has 0 aliphatic carbocycles. The quantitative estimate of drug-likeness (QED) is 0.518. The predicted molar refractivity (Wildman–Crippen MR) is 69.0 cm³/mol. The Hall–Kier alpha value is -1.74. The Kier molecular flexibility index (Phi) is 4.19. The molecule has 4 atom stereocenters. The number of ether oxygens (including phenoxy) is 1. The molecule has 0 bridgehead atoms. The van der Waals surface area contributed by atoms with E-state index in [1.54, 1.807) is 13.0 Å². The summed E-state index contributed by atoms with van der Waals surface area (Å²) in [5.74, 6) is 0. The van der Waals surface area contributed by atoms with Crippen LogP contribution in [0.2, 0.25) is 0 Å². The van der Waals surface area contributed by atoms with Gasteiger partial charge < -0.3 is 20.1 Å². The number of allylic oxidation sites excluding steroid dienone is 1. The Morgan fingerprint density at radius 1 is 1.40 bits per heavy atom. The molecule has 0 saturated carbocycles. The van der Waals surface area contributed by atoms with Crippen LogP contribution in [0.3, 0.4) is 0 Å². The zero-order valence-corrected chi connectivity index (χ0v) is 10.8. The molecular formula is C12H16N2O6. The molecule has 4 N–H and O–H groups in total. The van der Waals surface area contributed by atoms with Gasteiger partial charge in [-0.3, -0.25) is 14.3 Å². The summed E-state index contributed by atoms with van der Waals surface area (Å²) in [6.45, 7) is 1.22. The number of aliphatic hydroxyl groups excluding tert-OH is 3. The van der Waals surface area contributed by atoms with Crippen LogP contribution in [0.1, 0.15) is 18.7 Å². The molecule has 2 heterocycles. The lowest BCUT2D eigenvalue weighted by atomic mass is 10.1. The van der Waals surface area contributed by atoms with Crippen molar-refractivity contribution in [3.8, 4) is 0 Å². The Balaban J connectivity index is 2.46. The van der Waals surface area contributed by atoms with Crippen LogP contribution >= 0.6 is 0 Å². The van der Waals surface area contributed by atoms with Crippen LogP contribution in [0.25, 0.3) is 6.08 Å². The van der Waals surface area contributed by atoms with E-state index in [1.165, 1.54) is 12.3 Å². The fourth-order valence-electron chi connectivity index (χ4n) is 2.10. The van der Waals surface area contributed by atoms with E-state index < -0.39 is 42.4 Å². The molecule has 0 spiro atoms. The third kappa shape index (κ3) is 2.46. The predicted octanol–water partition coefficient (Wildman–Crippen LogP) is -1.82. The van der Waals surface area contributed by atoms with E-state index in [0.717, 1.165) is 4.57 Å². The molecule has 1 fully saturated rings. The summed E-state index contributed by atoms with van der Waals surface area (Å²) in [7, 11) is 0. The van der Waals surface area contributed by atoms with E-state index in [1.807, 2.05) is 0 Å². The Morgan fingerprint density at radius 3 is 2.65 bits per heavy atom. The molecule has 0 radical (unpaired) electrons. The number of aromatic nitrogens is 2. The molecule has 0 amide bonds. The summed E-state index contributed by atoms with van der Waals surface area (Å²) in [5, 5.41) is 28.6. The van der Waals surface area contributed by atoms with Gasteiger partial charge in [-0.15, -0.1) is 0 Å². The molecular weight excluding hydrogens is 268 g/mol. The molecule has 20 heavy (non-hydrogen) atoms. The van der Waals surface area contributed by atoms with Crippen molar-refractivity contribution in [2.75, 3.05) is 6.61 Å². The second-order valence-corrected chi connectivity index (χ2v) is 4.48. The van der Waals surface area contributed by atoms with Gasteiger partial charge in [0.05, 0.1) is 12.2 Å². The second kappa shape index (κ2) is 5.71. The summed E-state index contributed by atoms with van der Waals surface area (Å²) in [6.07, 6.45) is -0.494. The van der Waals surface area contributed by atoms with Crippen LogP contribution in [0, 0.1) is 0 Å². The number of rotatable bonds is 3. The minimum Gasteiger partial charge on any atom is -0.394 e. The molecule has 1 aliphatic heterocycles. The van der Waals surface area contributed by atoms with Crippen molar-refractivity contribution in [3.63, 3.8) is 0 Å². The van der Waals surface area contributed by atoms with Gasteiger partial charge in [0.25, 0.3) is 5.56 Å². The maximum Gasteiger partial charge on any atom is 0.330 e. The number of aliphatic hydroxyl groups is 3. The van der Waals surface area contributed by atoms with Crippen molar-refractivity contribution >= 4 is 6.08 Å². The number of aromatic amines is 1. The Bertz CT molecular complexity index is 619. The van der Waals surface area contributed by atoms with E-state index in [0.29, 0.717) is 0 Å². The first-order chi connectivity index (χ1) is 9.49. The first-order valence-electron chi connectivity index (χ1n) is 6.10. The van der Waals surface area contributed by atoms with Gasteiger partial charge in [-0.05, 0) is 6.92 Å². The summed E-state index contributed by atoms with van der Waals surface area (Å²) in [4.78, 5) is 25.4. The summed E-state index contributed by atoms with van der Waals surface area (Å²) < 4.78 is 6.23. The minimum atomic E-state index is -1.38. The largest absolute Gasteiger partial charge is 0.394 e. The molecule has 8 heteroatoms. The molecule has 110 valence electrons. The normalized spacial score (nSPS) is 30.2. The van der Waals surface area contributed by atoms with Crippen LogP contribution in [0.5, 0.6) is 0 Å². The molecule has 1 saturated heterocycles. The number of hydrogen-bond acceptors (Lipinski definition) is 6. The van der Waals surface area contributed by atoms with Gasteiger partial charge in [-0.1, -0.05) is 12.2 Å². The van der Waals surface area contributed by atoms with Crippen molar-refractivity contribution in [1.29, 1.82) is 0 Å². The number of hydrogen-bond donors (Lipinski definition) is 4. The van der Waals surface area contributed by atoms with Crippen LogP contribution < -0.4 is 11.2 Å². The topological polar surface area (TPSA) is 125 Å². The van der Waals surface area contributed by atoms with E-state index in [-0.39, 0.29) is 5.56 Å². The van der Waals surface area contributed by atoms with Crippen LogP contribution in [-0.2, 0) is 4.74 Å². The van der Waals surface area contributed by atoms with E-state index in [4.69, 9.17) is 9.84 Å². The maximum atomic E-state index is 11.8. The molecule has 0 aromatic carbocycles. The third-order valence-electron chi connectivity index (χ3n) is 3.13. The Labute approximate surface area is 113 Å². The second-order valence-electron chi connectivity index (χ2n) is 4.48. The van der Waals surface area contributed by atoms with Crippen molar-refractivity contribution < 1.29 is 20.1 Å². The molecule has 8 nitrogen and oxygen atoms in total. The van der Waals surface area contributed by atoms with Gasteiger partial charge in [-0.25, -0.2) is 4.79 Å². The van der Waals surface area contributed by atoms with Crippen molar-refractivity contribution in [2.45, 2.75) is 31.5 Å². The van der Waals surface area contributed by atoms with Crippen LogP contribution in [0.15, 0.2) is 21.9 Å². The third-order valence-corrected chi connectivity index (χ3v) is 3.13. The van der Waals surface area contributed by atoms with E-state index in [2.05, 4.69) is 4.98 Å². The van der Waals surface area contributed by atoms with Gasteiger partial charge in [0.1, 0.15) is 18.3 Å². The number of H-pyrrole nitrogens is 1. The molecule has 1 aromatic rings. The standard InChI is InChI=1S/C12H16N2O6/c1-2-3-6-4-14(12(19)13-10(6)18)11-9(17)8(16)7(5-15)20-11/h2-4,7-9,11,15-17H,5H2,1H3,(H,13,18,19)/b3-2+/t7-,8-,9+,11?/m1/s1. The zero-order chi connectivity index (χ0) is 14.9. The highest BCUT2D eigenvalue weighted by Gasteiger charge is 2.43. The van der Waals surface area contributed by atoms with Crippen molar-refractivity contribution in [1.82, 2.24) is 9.55 Å². The summed E-state index contributed by atoms with van der Waals surface area (Å²) in [5.41, 5.74) is -1.11. The lowest BCUT2D eigenvalue weighted by Crippen LogP contribution is -2.38. The number of nitrogens with one attached hydrogen (secondary N) is 1. The highest BCUT2D eigenvalue weighted by Crippen LogP contribution is 2.27. The average molecular weight is 284 g/mol. The van der Waals surface area contributed by atoms with Crippen LogP contribution in [0.4, 0.5) is 0 Å². The maximum absolute atomic E-state index is 11.8. The van der Waals surface area contributed by atoms with E-state index >= 15 is 0 Å². The van der Waals surface area contributed by atoms with Gasteiger partial charge in [0, 0.05) is 6.20 Å². The SMILES string of the molecule is C/C=C/c1cn(C2O[C@H](CO)[C@@H](O)[C@@H]2O)c(=O)[nH]c1=O. The fraction of sp³-hybridized carbons (Fsp3) is 0.500. The lowest BCUT2D eigenvalue weighted by molar-refractivity contribution is -0.0550. The Morgan fingerprint density at radius 2 is 2.10 bits per heavy atom. The lowest BCUT2D eigenvalue weighted by Gasteiger charge is -2.17. The molecule has 2 rings (SSSR count). The smallest absolute Gasteiger partial charge is 0.330 e. The van der Waals surface area contributed by atoms with Gasteiger partial charge in [0.2, 0.25) is 0 Å². The average Bonchev–Trinajstić information content (AvgIpc) is 2.70. The number of nitrogens with zero attached hydrogens (tertiary/aromatic N) is 1. The monoisotopic (exact) mass is 284 g/mol. The van der Waals surface area contributed by atoms with Gasteiger partial charge >= 0.3 is 5.69 Å². The molecule has 1 aliphatic rings. The summed E-state index contributed by atoms with van der Waals surface area (Å²) in [6, 6.07) is 0. The highest BCUT2D eigenvalue weighted by molar-refractivity contribution is 5.45. The van der Waals surface area contributed by atoms with Gasteiger partial charge in [-0.2, -0.15) is 0 Å². The molecule has 1 unspecified atom stereocenters.